The van der Waals surface area contributed by atoms with Crippen molar-refractivity contribution in [2.75, 3.05) is 0 Å². The van der Waals surface area contributed by atoms with Crippen LogP contribution in [0.3, 0.4) is 0 Å². The van der Waals surface area contributed by atoms with Gasteiger partial charge in [-0.1, -0.05) is 18.2 Å². The van der Waals surface area contributed by atoms with E-state index in [4.69, 9.17) is 10.5 Å². The third-order valence-corrected chi connectivity index (χ3v) is 3.42. The zero-order valence-electron chi connectivity index (χ0n) is 10.1. The fourth-order valence-corrected chi connectivity index (χ4v) is 2.41. The van der Waals surface area contributed by atoms with Crippen LogP contribution in [-0.4, -0.2) is 6.10 Å². The Bertz CT molecular complexity index is 448. The average Bonchev–Trinajstić information content (AvgIpc) is 2.82. The van der Waals surface area contributed by atoms with E-state index in [0.717, 1.165) is 11.3 Å². The van der Waals surface area contributed by atoms with Gasteiger partial charge in [-0.15, -0.1) is 11.3 Å². The molecule has 1 heterocycles. The molecule has 90 valence electrons. The van der Waals surface area contributed by atoms with Crippen LogP contribution < -0.4 is 10.5 Å². The number of ether oxygens (including phenoxy) is 1. The summed E-state index contributed by atoms with van der Waals surface area (Å²) >= 11 is 1.68. The van der Waals surface area contributed by atoms with E-state index >= 15 is 0 Å². The van der Waals surface area contributed by atoms with Gasteiger partial charge in [0.1, 0.15) is 5.75 Å². The van der Waals surface area contributed by atoms with Crippen LogP contribution >= 0.6 is 11.3 Å². The third kappa shape index (κ3) is 3.08. The summed E-state index contributed by atoms with van der Waals surface area (Å²) in [5, 5.41) is 2.05. The number of hydrogen-bond acceptors (Lipinski definition) is 3. The minimum absolute atomic E-state index is 0.0388. The molecule has 0 aliphatic heterocycles. The van der Waals surface area contributed by atoms with Crippen LogP contribution in [0.25, 0.3) is 0 Å². The molecule has 0 saturated heterocycles. The predicted octanol–water partition coefficient (Wildman–Crippen LogP) is 3.58. The van der Waals surface area contributed by atoms with Crippen LogP contribution in [0.15, 0.2) is 41.8 Å². The lowest BCUT2D eigenvalue weighted by Gasteiger charge is -2.13. The molecular formula is C14H17NOS. The van der Waals surface area contributed by atoms with Gasteiger partial charge in [0.15, 0.2) is 0 Å². The zero-order valence-corrected chi connectivity index (χ0v) is 10.9. The van der Waals surface area contributed by atoms with Gasteiger partial charge in [0.05, 0.1) is 12.1 Å². The highest BCUT2D eigenvalue weighted by atomic mass is 32.1. The van der Waals surface area contributed by atoms with Gasteiger partial charge in [-0.25, -0.2) is 0 Å². The largest absolute Gasteiger partial charge is 0.491 e. The van der Waals surface area contributed by atoms with Gasteiger partial charge in [-0.05, 0) is 43.0 Å². The van der Waals surface area contributed by atoms with E-state index in [-0.39, 0.29) is 12.1 Å². The normalized spacial score (nSPS) is 12.7. The molecule has 3 heteroatoms. The number of thiophene rings is 1. The van der Waals surface area contributed by atoms with Crippen LogP contribution in [0.4, 0.5) is 0 Å². The summed E-state index contributed by atoms with van der Waals surface area (Å²) in [5.41, 5.74) is 7.30. The maximum atomic E-state index is 6.18. The molecule has 2 rings (SSSR count). The van der Waals surface area contributed by atoms with Crippen molar-refractivity contribution in [3.63, 3.8) is 0 Å². The summed E-state index contributed by atoms with van der Waals surface area (Å²) < 4.78 is 5.60. The minimum Gasteiger partial charge on any atom is -0.491 e. The molecule has 1 aromatic carbocycles. The first-order valence-electron chi connectivity index (χ1n) is 5.72. The first-order valence-corrected chi connectivity index (χ1v) is 6.60. The highest BCUT2D eigenvalue weighted by Gasteiger charge is 2.09. The number of hydrogen-bond donors (Lipinski definition) is 1. The summed E-state index contributed by atoms with van der Waals surface area (Å²) in [6.07, 6.45) is 0.201. The minimum atomic E-state index is -0.0388. The van der Waals surface area contributed by atoms with Crippen LogP contribution in [0, 0.1) is 0 Å². The Hall–Kier alpha value is -1.32. The van der Waals surface area contributed by atoms with Crippen molar-refractivity contribution in [2.45, 2.75) is 26.0 Å². The molecular weight excluding hydrogens is 230 g/mol. The Labute approximate surface area is 106 Å². The van der Waals surface area contributed by atoms with E-state index in [1.807, 2.05) is 49.6 Å². The van der Waals surface area contributed by atoms with E-state index in [0.29, 0.717) is 0 Å². The fourth-order valence-electron chi connectivity index (χ4n) is 1.66. The van der Waals surface area contributed by atoms with Gasteiger partial charge < -0.3 is 10.5 Å². The Morgan fingerprint density at radius 1 is 1.12 bits per heavy atom. The molecule has 2 aromatic rings. The topological polar surface area (TPSA) is 35.2 Å². The Kier molecular flexibility index (Phi) is 3.82. The maximum Gasteiger partial charge on any atom is 0.119 e. The zero-order chi connectivity index (χ0) is 12.3. The molecule has 0 unspecified atom stereocenters. The molecule has 0 bridgehead atoms. The molecule has 17 heavy (non-hydrogen) atoms. The van der Waals surface area contributed by atoms with Crippen LogP contribution in [0.2, 0.25) is 0 Å². The second kappa shape index (κ2) is 5.34. The second-order valence-corrected chi connectivity index (χ2v) is 5.21. The van der Waals surface area contributed by atoms with Crippen molar-refractivity contribution >= 4 is 11.3 Å². The average molecular weight is 247 g/mol. The Morgan fingerprint density at radius 2 is 1.82 bits per heavy atom. The van der Waals surface area contributed by atoms with Gasteiger partial charge in [0.25, 0.3) is 0 Å². The van der Waals surface area contributed by atoms with Gasteiger partial charge in [0.2, 0.25) is 0 Å². The highest BCUT2D eigenvalue weighted by Crippen LogP contribution is 2.25. The molecule has 1 atom stereocenters. The van der Waals surface area contributed by atoms with Gasteiger partial charge in [0, 0.05) is 4.88 Å². The van der Waals surface area contributed by atoms with Crippen molar-refractivity contribution in [1.29, 1.82) is 0 Å². The molecule has 0 radical (unpaired) electrons. The summed E-state index contributed by atoms with van der Waals surface area (Å²) in [6.45, 7) is 4.04. The van der Waals surface area contributed by atoms with Crippen molar-refractivity contribution in [2.24, 2.45) is 5.73 Å². The van der Waals surface area contributed by atoms with Crippen molar-refractivity contribution in [3.8, 4) is 5.75 Å². The van der Waals surface area contributed by atoms with Crippen LogP contribution in [0.1, 0.15) is 30.3 Å². The number of rotatable bonds is 4. The van der Waals surface area contributed by atoms with E-state index in [2.05, 4.69) is 6.07 Å². The molecule has 0 aliphatic carbocycles. The molecule has 0 amide bonds. The maximum absolute atomic E-state index is 6.18. The predicted molar refractivity (Wildman–Crippen MR) is 72.6 cm³/mol. The highest BCUT2D eigenvalue weighted by molar-refractivity contribution is 7.10. The standard InChI is InChI=1S/C14H17NOS/c1-10(2)16-12-7-5-11(6-8-12)14(15)13-4-3-9-17-13/h3-10,14H,15H2,1-2H3/t14-/m1/s1. The van der Waals surface area contributed by atoms with Gasteiger partial charge in [-0.2, -0.15) is 0 Å². The lowest BCUT2D eigenvalue weighted by Crippen LogP contribution is -2.10. The van der Waals surface area contributed by atoms with Crippen LogP contribution in [0.5, 0.6) is 5.75 Å². The fraction of sp³-hybridized carbons (Fsp3) is 0.286. The smallest absolute Gasteiger partial charge is 0.119 e. The van der Waals surface area contributed by atoms with Crippen molar-refractivity contribution < 1.29 is 4.74 Å². The van der Waals surface area contributed by atoms with E-state index < -0.39 is 0 Å². The van der Waals surface area contributed by atoms with Crippen molar-refractivity contribution in [3.05, 3.63) is 52.2 Å². The Morgan fingerprint density at radius 3 is 2.35 bits per heavy atom. The van der Waals surface area contributed by atoms with E-state index in [1.54, 1.807) is 11.3 Å². The van der Waals surface area contributed by atoms with E-state index in [1.165, 1.54) is 4.88 Å². The second-order valence-electron chi connectivity index (χ2n) is 4.23. The molecule has 1 aromatic heterocycles. The molecule has 0 aliphatic rings. The quantitative estimate of drug-likeness (QED) is 0.896. The summed E-state index contributed by atoms with van der Waals surface area (Å²) in [4.78, 5) is 1.18. The monoisotopic (exact) mass is 247 g/mol. The third-order valence-electron chi connectivity index (χ3n) is 2.46. The van der Waals surface area contributed by atoms with Crippen molar-refractivity contribution in [1.82, 2.24) is 0 Å². The lowest BCUT2D eigenvalue weighted by molar-refractivity contribution is 0.242. The first kappa shape index (κ1) is 12.1. The Balaban J connectivity index is 2.12. The molecule has 0 fully saturated rings. The SMILES string of the molecule is CC(C)Oc1ccc([C@@H](N)c2cccs2)cc1. The van der Waals surface area contributed by atoms with E-state index in [9.17, 15) is 0 Å². The molecule has 2 N–H and O–H groups in total. The summed E-state index contributed by atoms with van der Waals surface area (Å²) in [6, 6.07) is 12.1. The van der Waals surface area contributed by atoms with Crippen LogP contribution in [-0.2, 0) is 0 Å². The number of benzene rings is 1. The first-order chi connectivity index (χ1) is 8.16. The summed E-state index contributed by atoms with van der Waals surface area (Å²) in [7, 11) is 0. The molecule has 0 spiro atoms. The lowest BCUT2D eigenvalue weighted by atomic mass is 10.1. The molecule has 2 nitrogen and oxygen atoms in total. The summed E-state index contributed by atoms with van der Waals surface area (Å²) in [5.74, 6) is 0.891. The molecule has 0 saturated carbocycles. The number of nitrogens with two attached hydrogens (primary N) is 1. The van der Waals surface area contributed by atoms with Gasteiger partial charge in [-0.3, -0.25) is 0 Å². The van der Waals surface area contributed by atoms with Gasteiger partial charge >= 0.3 is 0 Å².